The van der Waals surface area contributed by atoms with Gasteiger partial charge in [-0.15, -0.1) is 11.3 Å². The van der Waals surface area contributed by atoms with Gasteiger partial charge in [0.2, 0.25) is 5.91 Å². The van der Waals surface area contributed by atoms with Crippen molar-refractivity contribution in [1.82, 2.24) is 19.6 Å². The van der Waals surface area contributed by atoms with Gasteiger partial charge in [-0.3, -0.25) is 9.59 Å². The molecule has 5 rings (SSSR count). The summed E-state index contributed by atoms with van der Waals surface area (Å²) in [6, 6.07) is 9.49. The number of fused-ring (bicyclic) bond motifs is 1. The molecule has 6 nitrogen and oxygen atoms in total. The van der Waals surface area contributed by atoms with Gasteiger partial charge in [0.25, 0.3) is 5.91 Å². The summed E-state index contributed by atoms with van der Waals surface area (Å²) in [5, 5.41) is 6.27. The molecule has 3 heterocycles. The number of nitrogens with zero attached hydrogens (tertiary/aromatic N) is 4. The highest BCUT2D eigenvalue weighted by Crippen LogP contribution is 2.32. The number of halogens is 1. The van der Waals surface area contributed by atoms with E-state index in [1.807, 2.05) is 51.7 Å². The largest absolute Gasteiger partial charge is 0.339 e. The van der Waals surface area contributed by atoms with E-state index in [4.69, 9.17) is 11.6 Å². The Labute approximate surface area is 184 Å². The molecule has 1 aliphatic heterocycles. The van der Waals surface area contributed by atoms with Crippen molar-refractivity contribution in [2.45, 2.75) is 26.2 Å². The lowest BCUT2D eigenvalue weighted by atomic mass is 9.84. The predicted octanol–water partition coefficient (Wildman–Crippen LogP) is 4.13. The Balaban J connectivity index is 1.34. The maximum Gasteiger partial charge on any atom is 0.264 e. The average molecular weight is 443 g/mol. The van der Waals surface area contributed by atoms with Crippen LogP contribution < -0.4 is 0 Å². The summed E-state index contributed by atoms with van der Waals surface area (Å²) in [6.07, 6.45) is 3.19. The molecule has 1 saturated heterocycles. The van der Waals surface area contributed by atoms with Gasteiger partial charge in [-0.05, 0) is 44.0 Å². The molecule has 3 aromatic rings. The molecule has 2 amide bonds. The normalized spacial score (nSPS) is 17.4. The molecule has 1 aromatic carbocycles. The lowest BCUT2D eigenvalue weighted by Gasteiger charge is -2.38. The van der Waals surface area contributed by atoms with E-state index in [0.717, 1.165) is 40.9 Å². The molecule has 1 aliphatic carbocycles. The summed E-state index contributed by atoms with van der Waals surface area (Å²) in [5.74, 6) is 0.517. The molecule has 2 aromatic heterocycles. The molecule has 0 radical (unpaired) electrons. The lowest BCUT2D eigenvalue weighted by molar-refractivity contribution is -0.139. The topological polar surface area (TPSA) is 58.4 Å². The highest BCUT2D eigenvalue weighted by molar-refractivity contribution is 7.20. The van der Waals surface area contributed by atoms with Gasteiger partial charge in [-0.1, -0.05) is 24.1 Å². The van der Waals surface area contributed by atoms with Crippen LogP contribution in [0.3, 0.4) is 0 Å². The van der Waals surface area contributed by atoms with Gasteiger partial charge in [0.05, 0.1) is 16.3 Å². The van der Waals surface area contributed by atoms with E-state index in [1.54, 1.807) is 0 Å². The van der Waals surface area contributed by atoms with Gasteiger partial charge < -0.3 is 9.80 Å². The Morgan fingerprint density at radius 1 is 1.10 bits per heavy atom. The molecule has 0 bridgehead atoms. The smallest absolute Gasteiger partial charge is 0.264 e. The molecule has 0 unspecified atom stereocenters. The van der Waals surface area contributed by atoms with Gasteiger partial charge in [-0.25, -0.2) is 4.68 Å². The fraction of sp³-hybridized carbons (Fsp3) is 0.409. The minimum absolute atomic E-state index is 0.0315. The first-order valence-corrected chi connectivity index (χ1v) is 11.5. The van der Waals surface area contributed by atoms with Crippen LogP contribution in [0.5, 0.6) is 0 Å². The molecule has 0 spiro atoms. The Bertz CT molecular complexity index is 1130. The molecule has 8 heteroatoms. The van der Waals surface area contributed by atoms with E-state index in [9.17, 15) is 9.59 Å². The second-order valence-electron chi connectivity index (χ2n) is 8.05. The maximum atomic E-state index is 13.1. The van der Waals surface area contributed by atoms with Crippen molar-refractivity contribution in [3.8, 4) is 5.69 Å². The zero-order chi connectivity index (χ0) is 20.8. The van der Waals surface area contributed by atoms with Crippen molar-refractivity contribution in [3.05, 3.63) is 45.9 Å². The molecule has 0 N–H and O–H groups in total. The number of benzene rings is 1. The summed E-state index contributed by atoms with van der Waals surface area (Å²) >= 11 is 7.61. The molecular weight excluding hydrogens is 420 g/mol. The van der Waals surface area contributed by atoms with Crippen LogP contribution in [0.1, 0.15) is 34.6 Å². The zero-order valence-electron chi connectivity index (χ0n) is 16.8. The van der Waals surface area contributed by atoms with E-state index >= 15 is 0 Å². The second kappa shape index (κ2) is 7.71. The standard InChI is InChI=1S/C22H23ClN4O2S/c1-14-18-13-19(30-22(18)27(24-14)17-7-3-6-16(23)12-17)21(29)26-10-8-25(9-11-26)20(28)15-4-2-5-15/h3,6-7,12-13,15H,2,4-5,8-11H2,1H3. The number of hydrogen-bond acceptors (Lipinski definition) is 4. The quantitative estimate of drug-likeness (QED) is 0.612. The van der Waals surface area contributed by atoms with Crippen molar-refractivity contribution in [2.75, 3.05) is 26.2 Å². The van der Waals surface area contributed by atoms with Gasteiger partial charge in [0.15, 0.2) is 0 Å². The molecule has 1 saturated carbocycles. The lowest BCUT2D eigenvalue weighted by Crippen LogP contribution is -2.52. The zero-order valence-corrected chi connectivity index (χ0v) is 18.4. The second-order valence-corrected chi connectivity index (χ2v) is 9.52. The summed E-state index contributed by atoms with van der Waals surface area (Å²) in [6.45, 7) is 4.38. The fourth-order valence-corrected chi connectivity index (χ4v) is 5.47. The Morgan fingerprint density at radius 2 is 1.83 bits per heavy atom. The maximum absolute atomic E-state index is 13.1. The molecule has 2 fully saturated rings. The van der Waals surface area contributed by atoms with Crippen molar-refractivity contribution >= 4 is 45.0 Å². The van der Waals surface area contributed by atoms with Crippen LogP contribution in [0, 0.1) is 12.8 Å². The number of thiophene rings is 1. The van der Waals surface area contributed by atoms with Crippen molar-refractivity contribution < 1.29 is 9.59 Å². The third-order valence-corrected chi connectivity index (χ3v) is 7.47. The van der Waals surface area contributed by atoms with Crippen LogP contribution in [0.15, 0.2) is 30.3 Å². The monoisotopic (exact) mass is 442 g/mol. The highest BCUT2D eigenvalue weighted by Gasteiger charge is 2.32. The van der Waals surface area contributed by atoms with E-state index in [1.165, 1.54) is 11.3 Å². The van der Waals surface area contributed by atoms with Crippen LogP contribution >= 0.6 is 22.9 Å². The minimum atomic E-state index is 0.0315. The summed E-state index contributed by atoms with van der Waals surface area (Å²) in [4.78, 5) is 31.0. The Kier molecular flexibility index (Phi) is 5.03. The van der Waals surface area contributed by atoms with Gasteiger partial charge >= 0.3 is 0 Å². The van der Waals surface area contributed by atoms with Crippen LogP contribution in [0.2, 0.25) is 5.02 Å². The molecular formula is C22H23ClN4O2S. The predicted molar refractivity (Wildman–Crippen MR) is 119 cm³/mol. The number of amides is 2. The molecule has 156 valence electrons. The Morgan fingerprint density at radius 3 is 2.50 bits per heavy atom. The first-order valence-electron chi connectivity index (χ1n) is 10.3. The van der Waals surface area contributed by atoms with Crippen molar-refractivity contribution in [1.29, 1.82) is 0 Å². The summed E-state index contributed by atoms with van der Waals surface area (Å²) in [5.41, 5.74) is 1.76. The van der Waals surface area contributed by atoms with Gasteiger partial charge in [0, 0.05) is 42.5 Å². The van der Waals surface area contributed by atoms with Gasteiger partial charge in [-0.2, -0.15) is 5.10 Å². The number of piperazine rings is 1. The summed E-state index contributed by atoms with van der Waals surface area (Å²) in [7, 11) is 0. The van der Waals surface area contributed by atoms with Crippen molar-refractivity contribution in [2.24, 2.45) is 5.92 Å². The fourth-order valence-electron chi connectivity index (χ4n) is 4.13. The van der Waals surface area contributed by atoms with Crippen LogP contribution in [0.4, 0.5) is 0 Å². The Hall–Kier alpha value is -2.38. The first-order chi connectivity index (χ1) is 14.5. The van der Waals surface area contributed by atoms with Gasteiger partial charge in [0.1, 0.15) is 4.83 Å². The van der Waals surface area contributed by atoms with Crippen LogP contribution in [-0.4, -0.2) is 57.6 Å². The van der Waals surface area contributed by atoms with Crippen LogP contribution in [0.25, 0.3) is 15.9 Å². The SMILES string of the molecule is Cc1nn(-c2cccc(Cl)c2)c2sc(C(=O)N3CCN(C(=O)C4CCC4)CC3)cc12. The number of aromatic nitrogens is 2. The third-order valence-electron chi connectivity index (χ3n) is 6.14. The first kappa shape index (κ1) is 19.6. The summed E-state index contributed by atoms with van der Waals surface area (Å²) < 4.78 is 1.85. The number of aryl methyl sites for hydroxylation is 1. The third kappa shape index (κ3) is 3.40. The van der Waals surface area contributed by atoms with E-state index in [2.05, 4.69) is 5.10 Å². The van der Waals surface area contributed by atoms with Crippen LogP contribution in [-0.2, 0) is 4.79 Å². The van der Waals surface area contributed by atoms with Crippen molar-refractivity contribution in [3.63, 3.8) is 0 Å². The van der Waals surface area contributed by atoms with E-state index in [0.29, 0.717) is 36.1 Å². The molecule has 2 aliphatic rings. The average Bonchev–Trinajstić information content (AvgIpc) is 3.27. The van der Waals surface area contributed by atoms with E-state index in [-0.39, 0.29) is 17.7 Å². The molecule has 0 atom stereocenters. The number of rotatable bonds is 3. The number of hydrogen-bond donors (Lipinski definition) is 0. The minimum Gasteiger partial charge on any atom is -0.339 e. The number of carbonyl (C=O) groups is 2. The number of carbonyl (C=O) groups excluding carboxylic acids is 2. The highest BCUT2D eigenvalue weighted by atomic mass is 35.5. The van der Waals surface area contributed by atoms with E-state index < -0.39 is 0 Å². The molecule has 30 heavy (non-hydrogen) atoms.